The number of benzene rings is 1. The van der Waals surface area contributed by atoms with E-state index in [1.165, 1.54) is 17.8 Å². The van der Waals surface area contributed by atoms with Crippen LogP contribution >= 0.6 is 35.0 Å². The van der Waals surface area contributed by atoms with E-state index in [1.807, 2.05) is 19.9 Å². The molecule has 2 amide bonds. The number of thioether (sulfide) groups is 1. The van der Waals surface area contributed by atoms with Gasteiger partial charge in [-0.2, -0.15) is 0 Å². The molecule has 1 atom stereocenters. The van der Waals surface area contributed by atoms with E-state index in [2.05, 4.69) is 9.97 Å². The molecule has 0 spiro atoms. The lowest BCUT2D eigenvalue weighted by Gasteiger charge is -2.15. The Morgan fingerprint density at radius 1 is 1.08 bits per heavy atom. The normalized spacial score (nSPS) is 17.7. The topological polar surface area (TPSA) is 63.2 Å². The standard InChI is InChI=1S/C16H13Cl2N3O2S/c1-8-5-9(2)20-16(19-8)24-13-7-14(22)21(15(13)23)10-3-4-11(17)12(18)6-10/h3-6,13H,7H2,1-2H3. The van der Waals surface area contributed by atoms with Gasteiger partial charge in [0, 0.05) is 17.8 Å². The highest BCUT2D eigenvalue weighted by molar-refractivity contribution is 8.00. The van der Waals surface area contributed by atoms with E-state index in [1.54, 1.807) is 12.1 Å². The number of aryl methyl sites for hydroxylation is 2. The van der Waals surface area contributed by atoms with Crippen molar-refractivity contribution in [3.05, 3.63) is 45.7 Å². The number of halogens is 2. The van der Waals surface area contributed by atoms with E-state index in [-0.39, 0.29) is 18.2 Å². The maximum atomic E-state index is 12.6. The summed E-state index contributed by atoms with van der Waals surface area (Å²) in [5, 5.41) is 0.611. The van der Waals surface area contributed by atoms with Crippen molar-refractivity contribution in [2.45, 2.75) is 30.7 Å². The average Bonchev–Trinajstić information content (AvgIpc) is 2.75. The first kappa shape index (κ1) is 17.2. The van der Waals surface area contributed by atoms with Gasteiger partial charge in [-0.15, -0.1) is 0 Å². The summed E-state index contributed by atoms with van der Waals surface area (Å²) < 4.78 is 0. The molecule has 1 aromatic carbocycles. The molecule has 1 aliphatic rings. The van der Waals surface area contributed by atoms with Crippen LogP contribution in [0.15, 0.2) is 29.4 Å². The number of hydrogen-bond donors (Lipinski definition) is 0. The molecule has 3 rings (SSSR count). The van der Waals surface area contributed by atoms with E-state index in [0.29, 0.717) is 20.9 Å². The van der Waals surface area contributed by atoms with Gasteiger partial charge in [0.25, 0.3) is 0 Å². The molecular weight excluding hydrogens is 369 g/mol. The number of carbonyl (C=O) groups is 2. The molecule has 1 fully saturated rings. The second-order valence-electron chi connectivity index (χ2n) is 5.41. The van der Waals surface area contributed by atoms with Crippen LogP contribution in [0.3, 0.4) is 0 Å². The monoisotopic (exact) mass is 381 g/mol. The quantitative estimate of drug-likeness (QED) is 0.597. The highest BCUT2D eigenvalue weighted by Crippen LogP contribution is 2.35. The number of rotatable bonds is 3. The molecule has 1 aliphatic heterocycles. The number of amides is 2. The minimum atomic E-state index is -0.548. The predicted molar refractivity (Wildman–Crippen MR) is 94.7 cm³/mol. The van der Waals surface area contributed by atoms with Gasteiger partial charge in [0.1, 0.15) is 5.25 Å². The van der Waals surface area contributed by atoms with Crippen LogP contribution < -0.4 is 4.90 Å². The van der Waals surface area contributed by atoms with Gasteiger partial charge in [-0.1, -0.05) is 35.0 Å². The Labute approximate surface area is 153 Å². The van der Waals surface area contributed by atoms with Crippen LogP contribution in [0.4, 0.5) is 5.69 Å². The minimum Gasteiger partial charge on any atom is -0.274 e. The Morgan fingerprint density at radius 2 is 1.75 bits per heavy atom. The maximum absolute atomic E-state index is 12.6. The summed E-state index contributed by atoms with van der Waals surface area (Å²) in [5.41, 5.74) is 2.06. The van der Waals surface area contributed by atoms with Crippen molar-refractivity contribution < 1.29 is 9.59 Å². The first-order chi connectivity index (χ1) is 11.3. The Kier molecular flexibility index (Phi) is 4.80. The van der Waals surface area contributed by atoms with E-state index >= 15 is 0 Å². The molecule has 124 valence electrons. The lowest BCUT2D eigenvalue weighted by molar-refractivity contribution is -0.121. The maximum Gasteiger partial charge on any atom is 0.247 e. The fourth-order valence-electron chi connectivity index (χ4n) is 2.47. The summed E-state index contributed by atoms with van der Waals surface area (Å²) in [7, 11) is 0. The van der Waals surface area contributed by atoms with Gasteiger partial charge in [-0.3, -0.25) is 9.59 Å². The van der Waals surface area contributed by atoms with Gasteiger partial charge in [0.15, 0.2) is 5.16 Å². The SMILES string of the molecule is Cc1cc(C)nc(SC2CC(=O)N(c3ccc(Cl)c(Cl)c3)C2=O)n1. The summed E-state index contributed by atoms with van der Waals surface area (Å²) in [6, 6.07) is 6.53. The molecule has 2 aromatic rings. The predicted octanol–water partition coefficient (Wildman–Crippen LogP) is 3.82. The molecule has 0 N–H and O–H groups in total. The molecule has 2 heterocycles. The molecule has 1 saturated heterocycles. The second kappa shape index (κ2) is 6.70. The van der Waals surface area contributed by atoms with Crippen LogP contribution in [0.5, 0.6) is 0 Å². The van der Waals surface area contributed by atoms with E-state index in [9.17, 15) is 9.59 Å². The smallest absolute Gasteiger partial charge is 0.247 e. The van der Waals surface area contributed by atoms with E-state index < -0.39 is 5.25 Å². The van der Waals surface area contributed by atoms with Crippen molar-refractivity contribution in [3.63, 3.8) is 0 Å². The zero-order chi connectivity index (χ0) is 17.4. The lowest BCUT2D eigenvalue weighted by atomic mass is 10.3. The van der Waals surface area contributed by atoms with Crippen molar-refractivity contribution >= 4 is 52.5 Å². The molecule has 0 bridgehead atoms. The molecule has 1 unspecified atom stereocenters. The summed E-state index contributed by atoms with van der Waals surface area (Å²) in [4.78, 5) is 34.7. The molecule has 5 nitrogen and oxygen atoms in total. The highest BCUT2D eigenvalue weighted by Gasteiger charge is 2.40. The number of imide groups is 1. The zero-order valence-electron chi connectivity index (χ0n) is 12.9. The van der Waals surface area contributed by atoms with Crippen LogP contribution in [0.2, 0.25) is 10.0 Å². The zero-order valence-corrected chi connectivity index (χ0v) is 15.2. The Morgan fingerprint density at radius 3 is 2.38 bits per heavy atom. The van der Waals surface area contributed by atoms with E-state index in [0.717, 1.165) is 16.3 Å². The lowest BCUT2D eigenvalue weighted by Crippen LogP contribution is -2.31. The van der Waals surface area contributed by atoms with Crippen LogP contribution in [-0.2, 0) is 9.59 Å². The van der Waals surface area contributed by atoms with Crippen molar-refractivity contribution in [3.8, 4) is 0 Å². The molecular formula is C16H13Cl2N3O2S. The van der Waals surface area contributed by atoms with Crippen LogP contribution in [-0.4, -0.2) is 27.0 Å². The average molecular weight is 382 g/mol. The van der Waals surface area contributed by atoms with Crippen molar-refractivity contribution in [1.82, 2.24) is 9.97 Å². The Balaban J connectivity index is 1.84. The van der Waals surface area contributed by atoms with Crippen LogP contribution in [0.25, 0.3) is 0 Å². The summed E-state index contributed by atoms with van der Waals surface area (Å²) in [6.45, 7) is 3.73. The highest BCUT2D eigenvalue weighted by atomic mass is 35.5. The van der Waals surface area contributed by atoms with Crippen molar-refractivity contribution in [2.24, 2.45) is 0 Å². The largest absolute Gasteiger partial charge is 0.274 e. The van der Waals surface area contributed by atoms with Gasteiger partial charge in [-0.05, 0) is 38.1 Å². The third kappa shape index (κ3) is 3.41. The number of hydrogen-bond acceptors (Lipinski definition) is 5. The van der Waals surface area contributed by atoms with Crippen molar-refractivity contribution in [2.75, 3.05) is 4.90 Å². The summed E-state index contributed by atoms with van der Waals surface area (Å²) >= 11 is 13.1. The fourth-order valence-corrected chi connectivity index (χ4v) is 3.84. The number of aromatic nitrogens is 2. The molecule has 0 aliphatic carbocycles. The first-order valence-corrected chi connectivity index (χ1v) is 8.79. The summed E-state index contributed by atoms with van der Waals surface area (Å²) in [6.07, 6.45) is 0.0973. The van der Waals surface area contributed by atoms with Crippen LogP contribution in [0, 0.1) is 13.8 Å². The number of nitrogens with zero attached hydrogens (tertiary/aromatic N) is 3. The molecule has 0 saturated carbocycles. The van der Waals surface area contributed by atoms with Gasteiger partial charge >= 0.3 is 0 Å². The number of carbonyl (C=O) groups excluding carboxylic acids is 2. The molecule has 8 heteroatoms. The molecule has 1 aromatic heterocycles. The fraction of sp³-hybridized carbons (Fsp3) is 0.250. The minimum absolute atomic E-state index is 0.0973. The molecule has 24 heavy (non-hydrogen) atoms. The second-order valence-corrected chi connectivity index (χ2v) is 7.39. The molecule has 0 radical (unpaired) electrons. The van der Waals surface area contributed by atoms with Gasteiger partial charge in [-0.25, -0.2) is 14.9 Å². The third-order valence-electron chi connectivity index (χ3n) is 3.48. The third-order valence-corrected chi connectivity index (χ3v) is 5.26. The van der Waals surface area contributed by atoms with Crippen molar-refractivity contribution in [1.29, 1.82) is 0 Å². The van der Waals surface area contributed by atoms with Gasteiger partial charge in [0.2, 0.25) is 11.8 Å². The number of anilines is 1. The van der Waals surface area contributed by atoms with E-state index in [4.69, 9.17) is 23.2 Å². The van der Waals surface area contributed by atoms with Gasteiger partial charge in [0.05, 0.1) is 15.7 Å². The Hall–Kier alpha value is -1.63. The summed E-state index contributed by atoms with van der Waals surface area (Å²) in [5.74, 6) is -0.577. The first-order valence-electron chi connectivity index (χ1n) is 7.16. The van der Waals surface area contributed by atoms with Gasteiger partial charge < -0.3 is 0 Å². The van der Waals surface area contributed by atoms with Crippen LogP contribution in [0.1, 0.15) is 17.8 Å². The Bertz CT molecular complexity index is 824.